The Morgan fingerprint density at radius 1 is 1.38 bits per heavy atom. The van der Waals surface area contributed by atoms with Crippen LogP contribution in [-0.2, 0) is 5.41 Å². The molecule has 0 fully saturated rings. The van der Waals surface area contributed by atoms with E-state index in [1.54, 1.807) is 11.8 Å². The number of hydrogen-bond acceptors (Lipinski definition) is 4. The molecule has 0 amide bonds. The summed E-state index contributed by atoms with van der Waals surface area (Å²) in [7, 11) is 2.06. The number of nitrogens with one attached hydrogen (secondary N) is 1. The minimum absolute atomic E-state index is 0.144. The number of fused-ring (bicyclic) bond motifs is 1. The summed E-state index contributed by atoms with van der Waals surface area (Å²) in [5.74, 6) is 5.51. The summed E-state index contributed by atoms with van der Waals surface area (Å²) in [6.07, 6.45) is 0. The first kappa shape index (κ1) is 11.8. The van der Waals surface area contributed by atoms with Gasteiger partial charge in [-0.2, -0.15) is 0 Å². The Morgan fingerprint density at radius 2 is 2.06 bits per heavy atom. The number of nitrogens with zero attached hydrogens (tertiary/aromatic N) is 1. The third-order valence-electron chi connectivity index (χ3n) is 2.94. The van der Waals surface area contributed by atoms with Gasteiger partial charge in [0, 0.05) is 11.9 Å². The number of rotatable bonds is 1. The predicted molar refractivity (Wildman–Crippen MR) is 70.5 cm³/mol. The van der Waals surface area contributed by atoms with Crippen LogP contribution in [0, 0.1) is 0 Å². The lowest BCUT2D eigenvalue weighted by Crippen LogP contribution is -2.42. The first-order valence-electron chi connectivity index (χ1n) is 5.43. The van der Waals surface area contributed by atoms with Crippen LogP contribution in [0.5, 0.6) is 0 Å². The van der Waals surface area contributed by atoms with Gasteiger partial charge in [0.25, 0.3) is 0 Å². The van der Waals surface area contributed by atoms with Crippen molar-refractivity contribution in [3.05, 3.63) is 23.8 Å². The molecule has 1 aliphatic rings. The van der Waals surface area contributed by atoms with Gasteiger partial charge >= 0.3 is 0 Å². The Kier molecular flexibility index (Phi) is 2.90. The van der Waals surface area contributed by atoms with Crippen LogP contribution >= 0.6 is 11.8 Å². The molecule has 0 saturated heterocycles. The number of anilines is 1. The molecule has 0 bridgehead atoms. The molecule has 1 heterocycles. The Bertz CT molecular complexity index is 398. The van der Waals surface area contributed by atoms with E-state index in [0.717, 1.165) is 0 Å². The van der Waals surface area contributed by atoms with E-state index in [2.05, 4.69) is 56.3 Å². The standard InChI is InChI=1S/C12H19N3S/c1-12(2,3)8-5-6-9-10(7-8)16-11(14-13)15(9)4/h5-7,11,14H,13H2,1-4H3. The van der Waals surface area contributed by atoms with Crippen LogP contribution in [0.15, 0.2) is 23.1 Å². The second-order valence-electron chi connectivity index (χ2n) is 5.18. The van der Waals surface area contributed by atoms with Crippen LogP contribution in [0.25, 0.3) is 0 Å². The minimum atomic E-state index is 0.144. The average Bonchev–Trinajstić information content (AvgIpc) is 2.54. The normalized spacial score (nSPS) is 20.1. The molecule has 3 N–H and O–H groups in total. The van der Waals surface area contributed by atoms with E-state index < -0.39 is 0 Å². The molecule has 4 heteroatoms. The minimum Gasteiger partial charge on any atom is -0.348 e. The first-order valence-corrected chi connectivity index (χ1v) is 6.31. The zero-order valence-corrected chi connectivity index (χ0v) is 11.1. The molecule has 1 aromatic carbocycles. The van der Waals surface area contributed by atoms with E-state index >= 15 is 0 Å². The van der Waals surface area contributed by atoms with Crippen molar-refractivity contribution in [2.45, 2.75) is 36.6 Å². The average molecular weight is 237 g/mol. The zero-order valence-electron chi connectivity index (χ0n) is 10.2. The maximum absolute atomic E-state index is 5.51. The number of nitrogens with two attached hydrogens (primary N) is 1. The summed E-state index contributed by atoms with van der Waals surface area (Å²) in [5.41, 5.74) is 5.76. The van der Waals surface area contributed by atoms with Crippen molar-refractivity contribution in [2.24, 2.45) is 5.84 Å². The molecular weight excluding hydrogens is 218 g/mol. The Morgan fingerprint density at radius 3 is 2.62 bits per heavy atom. The van der Waals surface area contributed by atoms with Gasteiger partial charge in [-0.15, -0.1) is 0 Å². The topological polar surface area (TPSA) is 41.3 Å². The predicted octanol–water partition coefficient (Wildman–Crippen LogP) is 2.27. The van der Waals surface area contributed by atoms with Crippen molar-refractivity contribution in [1.82, 2.24) is 5.43 Å². The molecule has 3 nitrogen and oxygen atoms in total. The summed E-state index contributed by atoms with van der Waals surface area (Å²) in [5, 5.41) is 0. The van der Waals surface area contributed by atoms with Gasteiger partial charge in [-0.1, -0.05) is 38.6 Å². The fraction of sp³-hybridized carbons (Fsp3) is 0.500. The fourth-order valence-electron chi connectivity index (χ4n) is 1.84. The quantitative estimate of drug-likeness (QED) is 0.581. The Balaban J connectivity index is 2.37. The van der Waals surface area contributed by atoms with E-state index in [1.807, 2.05) is 0 Å². The SMILES string of the molecule is CN1c2ccc(C(C)(C)C)cc2SC1NN. The van der Waals surface area contributed by atoms with Gasteiger partial charge in [0.15, 0.2) is 0 Å². The summed E-state index contributed by atoms with van der Waals surface area (Å²) in [4.78, 5) is 3.46. The third kappa shape index (κ3) is 1.93. The highest BCUT2D eigenvalue weighted by atomic mass is 32.2. The van der Waals surface area contributed by atoms with E-state index in [9.17, 15) is 0 Å². The van der Waals surface area contributed by atoms with Gasteiger partial charge in [-0.05, 0) is 23.1 Å². The molecule has 0 saturated carbocycles. The first-order chi connectivity index (χ1) is 7.43. The molecule has 16 heavy (non-hydrogen) atoms. The second-order valence-corrected chi connectivity index (χ2v) is 6.30. The Hall–Kier alpha value is -0.710. The van der Waals surface area contributed by atoms with E-state index in [1.165, 1.54) is 16.1 Å². The lowest BCUT2D eigenvalue weighted by atomic mass is 9.87. The van der Waals surface area contributed by atoms with Crippen LogP contribution in [0.4, 0.5) is 5.69 Å². The zero-order chi connectivity index (χ0) is 11.9. The highest BCUT2D eigenvalue weighted by molar-refractivity contribution is 8.00. The molecule has 0 spiro atoms. The molecule has 0 aromatic heterocycles. The monoisotopic (exact) mass is 237 g/mol. The lowest BCUT2D eigenvalue weighted by Gasteiger charge is -2.21. The van der Waals surface area contributed by atoms with Gasteiger partial charge < -0.3 is 4.90 Å². The van der Waals surface area contributed by atoms with Crippen molar-refractivity contribution >= 4 is 17.4 Å². The van der Waals surface area contributed by atoms with Crippen LogP contribution in [0.2, 0.25) is 0 Å². The van der Waals surface area contributed by atoms with Crippen LogP contribution in [0.3, 0.4) is 0 Å². The highest BCUT2D eigenvalue weighted by Crippen LogP contribution is 2.42. The maximum atomic E-state index is 5.51. The van der Waals surface area contributed by atoms with E-state index in [0.29, 0.717) is 0 Å². The largest absolute Gasteiger partial charge is 0.348 e. The molecule has 0 radical (unpaired) electrons. The molecular formula is C12H19N3S. The summed E-state index contributed by atoms with van der Waals surface area (Å²) >= 11 is 1.76. The van der Waals surface area contributed by atoms with Gasteiger partial charge in [0.2, 0.25) is 0 Å². The molecule has 2 rings (SSSR count). The molecule has 1 atom stereocenters. The van der Waals surface area contributed by atoms with Crippen LogP contribution in [0.1, 0.15) is 26.3 Å². The molecule has 1 aromatic rings. The van der Waals surface area contributed by atoms with Crippen molar-refractivity contribution in [3.63, 3.8) is 0 Å². The highest BCUT2D eigenvalue weighted by Gasteiger charge is 2.27. The summed E-state index contributed by atoms with van der Waals surface area (Å²) in [6.45, 7) is 6.70. The molecule has 88 valence electrons. The van der Waals surface area contributed by atoms with Crippen LogP contribution in [-0.4, -0.2) is 12.5 Å². The van der Waals surface area contributed by atoms with Gasteiger partial charge in [0.1, 0.15) is 5.50 Å². The van der Waals surface area contributed by atoms with Gasteiger partial charge in [-0.3, -0.25) is 5.84 Å². The Labute approximate surface area is 101 Å². The maximum Gasteiger partial charge on any atom is 0.144 e. The summed E-state index contributed by atoms with van der Waals surface area (Å²) < 4.78 is 0. The number of hydrazine groups is 1. The number of thioether (sulfide) groups is 1. The number of benzene rings is 1. The fourth-order valence-corrected chi connectivity index (χ4v) is 2.95. The van der Waals surface area contributed by atoms with Crippen molar-refractivity contribution in [3.8, 4) is 0 Å². The smallest absolute Gasteiger partial charge is 0.144 e. The third-order valence-corrected chi connectivity index (χ3v) is 4.20. The van der Waals surface area contributed by atoms with Crippen molar-refractivity contribution in [2.75, 3.05) is 11.9 Å². The second kappa shape index (κ2) is 3.95. The van der Waals surface area contributed by atoms with Crippen molar-refractivity contribution < 1.29 is 0 Å². The summed E-state index contributed by atoms with van der Waals surface area (Å²) in [6, 6.07) is 6.66. The number of hydrogen-bond donors (Lipinski definition) is 2. The lowest BCUT2D eigenvalue weighted by molar-refractivity contribution is 0.588. The van der Waals surface area contributed by atoms with Gasteiger partial charge in [0.05, 0.1) is 5.69 Å². The van der Waals surface area contributed by atoms with Gasteiger partial charge in [-0.25, -0.2) is 5.43 Å². The van der Waals surface area contributed by atoms with Crippen LogP contribution < -0.4 is 16.2 Å². The molecule has 1 aliphatic heterocycles. The molecule has 1 unspecified atom stereocenters. The molecule has 0 aliphatic carbocycles. The van der Waals surface area contributed by atoms with E-state index in [-0.39, 0.29) is 10.9 Å². The van der Waals surface area contributed by atoms with Crippen molar-refractivity contribution in [1.29, 1.82) is 0 Å². The van der Waals surface area contributed by atoms with E-state index in [4.69, 9.17) is 5.84 Å².